The van der Waals surface area contributed by atoms with E-state index in [-0.39, 0.29) is 5.54 Å². The van der Waals surface area contributed by atoms with Crippen LogP contribution in [0.2, 0.25) is 0 Å². The van der Waals surface area contributed by atoms with Crippen LogP contribution in [0.15, 0.2) is 0 Å². The van der Waals surface area contributed by atoms with Gasteiger partial charge in [0, 0.05) is 18.6 Å². The van der Waals surface area contributed by atoms with Crippen LogP contribution in [-0.2, 0) is 4.57 Å². The Morgan fingerprint density at radius 1 is 1.21 bits per heavy atom. The van der Waals surface area contributed by atoms with Crippen molar-refractivity contribution in [2.75, 3.05) is 25.7 Å². The van der Waals surface area contributed by atoms with Gasteiger partial charge in [-0.25, -0.2) is 0 Å². The van der Waals surface area contributed by atoms with E-state index in [1.165, 1.54) is 0 Å². The molecule has 0 bridgehead atoms. The van der Waals surface area contributed by atoms with E-state index in [9.17, 15) is 9.67 Å². The van der Waals surface area contributed by atoms with Gasteiger partial charge in [0.2, 0.25) is 0 Å². The first-order valence-electron chi connectivity index (χ1n) is 7.30. The molecule has 0 aromatic rings. The lowest BCUT2D eigenvalue weighted by atomic mass is 10.1. The molecule has 4 nitrogen and oxygen atoms in total. The zero-order valence-corrected chi connectivity index (χ0v) is 14.5. The summed E-state index contributed by atoms with van der Waals surface area (Å²) in [7, 11) is 0.304. The largest absolute Gasteiger partial charge is 0.390 e. The van der Waals surface area contributed by atoms with Crippen molar-refractivity contribution in [2.45, 2.75) is 58.6 Å². The summed E-state index contributed by atoms with van der Waals surface area (Å²) in [6.07, 6.45) is 1.65. The Hall–Kier alpha value is 0.175. The minimum Gasteiger partial charge on any atom is -0.390 e. The van der Waals surface area contributed by atoms with Crippen molar-refractivity contribution >= 4 is 15.8 Å². The standard InChI is InChI=1S/C13H32BN2O2P/c1-12(2,3)15-8-6-9-16(19(18)11-14)10-7-13(4,5)17/h15,17,19H,6-11,14H2,1-5H3. The van der Waals surface area contributed by atoms with Crippen LogP contribution in [0.4, 0.5) is 0 Å². The van der Waals surface area contributed by atoms with Crippen LogP contribution >= 0.6 is 7.95 Å². The van der Waals surface area contributed by atoms with Crippen LogP contribution in [0.5, 0.6) is 0 Å². The maximum Gasteiger partial charge on any atom is 0.131 e. The number of nitrogens with one attached hydrogen (secondary N) is 1. The maximum atomic E-state index is 12.0. The van der Waals surface area contributed by atoms with Gasteiger partial charge in [-0.2, -0.15) is 0 Å². The molecular weight excluding hydrogens is 258 g/mol. The van der Waals surface area contributed by atoms with Crippen LogP contribution in [0, 0.1) is 0 Å². The van der Waals surface area contributed by atoms with Crippen LogP contribution < -0.4 is 5.32 Å². The molecule has 0 fully saturated rings. The van der Waals surface area contributed by atoms with Crippen LogP contribution in [0.3, 0.4) is 0 Å². The Morgan fingerprint density at radius 2 is 1.79 bits per heavy atom. The van der Waals surface area contributed by atoms with Crippen molar-refractivity contribution in [1.29, 1.82) is 0 Å². The van der Waals surface area contributed by atoms with Gasteiger partial charge < -0.3 is 15.0 Å². The summed E-state index contributed by atoms with van der Waals surface area (Å²) >= 11 is 0. The van der Waals surface area contributed by atoms with Crippen molar-refractivity contribution in [3.8, 4) is 0 Å². The maximum absolute atomic E-state index is 12.0. The zero-order valence-electron chi connectivity index (χ0n) is 13.5. The van der Waals surface area contributed by atoms with E-state index in [0.29, 0.717) is 19.0 Å². The summed E-state index contributed by atoms with van der Waals surface area (Å²) in [5, 5.41) is 13.2. The van der Waals surface area contributed by atoms with Gasteiger partial charge in [-0.15, -0.1) is 0 Å². The van der Waals surface area contributed by atoms with Crippen LogP contribution in [-0.4, -0.2) is 54.5 Å². The van der Waals surface area contributed by atoms with Crippen molar-refractivity contribution < 1.29 is 9.67 Å². The summed E-state index contributed by atoms with van der Waals surface area (Å²) in [6, 6.07) is 0.712. The molecule has 19 heavy (non-hydrogen) atoms. The first kappa shape index (κ1) is 19.2. The van der Waals surface area contributed by atoms with Crippen molar-refractivity contribution in [2.24, 2.45) is 0 Å². The molecular formula is C13H32BN2O2P. The fourth-order valence-corrected chi connectivity index (χ4v) is 2.94. The lowest BCUT2D eigenvalue weighted by molar-refractivity contribution is 0.0656. The highest BCUT2D eigenvalue weighted by atomic mass is 31.1. The average molecular weight is 290 g/mol. The van der Waals surface area contributed by atoms with E-state index in [4.69, 9.17) is 0 Å². The van der Waals surface area contributed by atoms with Gasteiger partial charge in [0.1, 0.15) is 15.8 Å². The lowest BCUT2D eigenvalue weighted by Crippen LogP contribution is -2.37. The van der Waals surface area contributed by atoms with Gasteiger partial charge >= 0.3 is 0 Å². The topological polar surface area (TPSA) is 52.6 Å². The van der Waals surface area contributed by atoms with Gasteiger partial charge in [0.05, 0.1) is 5.60 Å². The predicted molar refractivity (Wildman–Crippen MR) is 87.3 cm³/mol. The quantitative estimate of drug-likeness (QED) is 0.382. The Bertz CT molecular complexity index is 275. The van der Waals surface area contributed by atoms with Crippen LogP contribution in [0.25, 0.3) is 0 Å². The Balaban J connectivity index is 4.11. The van der Waals surface area contributed by atoms with Gasteiger partial charge in [-0.1, -0.05) is 0 Å². The Morgan fingerprint density at radius 3 is 2.21 bits per heavy atom. The molecule has 0 aliphatic heterocycles. The Labute approximate surface area is 120 Å². The zero-order chi connectivity index (χ0) is 15.1. The van der Waals surface area contributed by atoms with Gasteiger partial charge in [0.25, 0.3) is 0 Å². The Kier molecular flexibility index (Phi) is 8.54. The molecule has 0 saturated heterocycles. The molecule has 0 aromatic heterocycles. The summed E-state index contributed by atoms with van der Waals surface area (Å²) in [4.78, 5) is 0. The number of rotatable bonds is 9. The molecule has 0 rings (SSSR count). The summed E-state index contributed by atoms with van der Waals surface area (Å²) < 4.78 is 14.1. The van der Waals surface area contributed by atoms with Crippen molar-refractivity contribution in [1.82, 2.24) is 9.99 Å². The molecule has 0 saturated carbocycles. The van der Waals surface area contributed by atoms with Gasteiger partial charge in [-0.3, -0.25) is 4.67 Å². The van der Waals surface area contributed by atoms with Crippen molar-refractivity contribution in [3.05, 3.63) is 0 Å². The first-order valence-corrected chi connectivity index (χ1v) is 8.86. The molecule has 0 spiro atoms. The summed E-state index contributed by atoms with van der Waals surface area (Å²) in [5.41, 5.74) is -0.550. The highest BCUT2D eigenvalue weighted by Crippen LogP contribution is 2.26. The monoisotopic (exact) mass is 290 g/mol. The second-order valence-electron chi connectivity index (χ2n) is 6.83. The minimum atomic E-state index is -1.66. The lowest BCUT2D eigenvalue weighted by Gasteiger charge is -2.26. The average Bonchev–Trinajstić information content (AvgIpc) is 2.24. The second kappa shape index (κ2) is 8.46. The molecule has 114 valence electrons. The SMILES string of the molecule is BC[PH](=O)N(CCCNC(C)(C)C)CCC(C)(C)O. The van der Waals surface area contributed by atoms with E-state index in [1.807, 2.05) is 12.5 Å². The molecule has 0 aromatic carbocycles. The molecule has 2 N–H and O–H groups in total. The smallest absolute Gasteiger partial charge is 0.131 e. The molecule has 0 amide bonds. The second-order valence-corrected chi connectivity index (χ2v) is 8.95. The number of hydrogen-bond acceptors (Lipinski definition) is 3. The van der Waals surface area contributed by atoms with Crippen LogP contribution in [0.1, 0.15) is 47.5 Å². The normalized spacial score (nSPS) is 14.9. The first-order chi connectivity index (χ1) is 8.55. The predicted octanol–water partition coefficient (Wildman–Crippen LogP) is 1.29. The summed E-state index contributed by atoms with van der Waals surface area (Å²) in [5.74, 6) is 0. The molecule has 0 radical (unpaired) electrons. The van der Waals surface area contributed by atoms with E-state index < -0.39 is 13.6 Å². The van der Waals surface area contributed by atoms with E-state index in [0.717, 1.165) is 19.5 Å². The molecule has 6 heteroatoms. The fourth-order valence-electron chi connectivity index (χ4n) is 1.73. The molecule has 0 aliphatic carbocycles. The summed E-state index contributed by atoms with van der Waals surface area (Å²) in [6.45, 7) is 12.5. The highest BCUT2D eigenvalue weighted by Gasteiger charge is 2.17. The van der Waals surface area contributed by atoms with Crippen molar-refractivity contribution in [3.63, 3.8) is 0 Å². The molecule has 1 atom stereocenters. The van der Waals surface area contributed by atoms with E-state index in [1.54, 1.807) is 13.8 Å². The molecule has 0 aliphatic rings. The van der Waals surface area contributed by atoms with Gasteiger partial charge in [0.15, 0.2) is 0 Å². The molecule has 0 heterocycles. The molecule has 1 unspecified atom stereocenters. The third kappa shape index (κ3) is 11.7. The van der Waals surface area contributed by atoms with E-state index >= 15 is 0 Å². The van der Waals surface area contributed by atoms with Gasteiger partial charge in [-0.05, 0) is 60.1 Å². The highest BCUT2D eigenvalue weighted by molar-refractivity contribution is 7.43. The van der Waals surface area contributed by atoms with E-state index in [2.05, 4.69) is 26.1 Å². The third-order valence-electron chi connectivity index (χ3n) is 2.91. The number of hydrogen-bond donors (Lipinski definition) is 2. The minimum absolute atomic E-state index is 0.133. The number of aliphatic hydroxyl groups is 1. The third-order valence-corrected chi connectivity index (χ3v) is 4.67. The fraction of sp³-hybridized carbons (Fsp3) is 1.00. The number of nitrogens with zero attached hydrogens (tertiary/aromatic N) is 1.